The third kappa shape index (κ3) is 8.15. The summed E-state index contributed by atoms with van der Waals surface area (Å²) < 4.78 is 1.05. The Labute approximate surface area is 140 Å². The Kier molecular flexibility index (Phi) is 11.3. The Morgan fingerprint density at radius 2 is 1.90 bits per heavy atom. The fourth-order valence-electron chi connectivity index (χ4n) is 1.49. The highest BCUT2D eigenvalue weighted by atomic mass is 79.9. The van der Waals surface area contributed by atoms with Gasteiger partial charge in [0.05, 0.1) is 5.25 Å². The van der Waals surface area contributed by atoms with Crippen molar-refractivity contribution >= 4 is 46.0 Å². The van der Waals surface area contributed by atoms with Crippen molar-refractivity contribution in [2.45, 2.75) is 30.4 Å². The molecule has 2 N–H and O–H groups in total. The number of carbonyl (C=O) groups excluding carboxylic acids is 1. The number of carbonyl (C=O) groups is 1. The third-order valence-corrected chi connectivity index (χ3v) is 4.16. The molecular weight excluding hydrogens is 360 g/mol. The van der Waals surface area contributed by atoms with E-state index in [0.29, 0.717) is 6.54 Å². The minimum Gasteiger partial charge on any atom is -0.354 e. The summed E-state index contributed by atoms with van der Waals surface area (Å²) in [6, 6.07) is 8.01. The van der Waals surface area contributed by atoms with Crippen molar-refractivity contribution in [1.29, 1.82) is 0 Å². The van der Waals surface area contributed by atoms with Crippen LogP contribution in [0.25, 0.3) is 0 Å². The first kappa shape index (κ1) is 19.8. The predicted octanol–water partition coefficient (Wildman–Crippen LogP) is 3.47. The van der Waals surface area contributed by atoms with Gasteiger partial charge >= 0.3 is 0 Å². The number of halogens is 2. The maximum absolute atomic E-state index is 11.9. The van der Waals surface area contributed by atoms with E-state index in [2.05, 4.69) is 33.5 Å². The minimum absolute atomic E-state index is 0. The lowest BCUT2D eigenvalue weighted by molar-refractivity contribution is -0.120. The summed E-state index contributed by atoms with van der Waals surface area (Å²) in [6.07, 6.45) is 1.11. The molecule has 0 aromatic heterocycles. The summed E-state index contributed by atoms with van der Waals surface area (Å²) in [4.78, 5) is 13.0. The molecule has 0 saturated heterocycles. The normalized spacial score (nSPS) is 11.6. The molecule has 0 aliphatic heterocycles. The van der Waals surface area contributed by atoms with Crippen LogP contribution in [0.4, 0.5) is 0 Å². The Bertz CT molecular complexity index is 389. The fourth-order valence-corrected chi connectivity index (χ4v) is 2.65. The fraction of sp³-hybridized carbons (Fsp3) is 0.500. The summed E-state index contributed by atoms with van der Waals surface area (Å²) in [5.41, 5.74) is 0. The van der Waals surface area contributed by atoms with Gasteiger partial charge in [-0.3, -0.25) is 4.79 Å². The molecule has 1 aromatic carbocycles. The third-order valence-electron chi connectivity index (χ3n) is 2.52. The van der Waals surface area contributed by atoms with Gasteiger partial charge < -0.3 is 10.6 Å². The van der Waals surface area contributed by atoms with E-state index in [9.17, 15) is 4.79 Å². The van der Waals surface area contributed by atoms with Crippen molar-refractivity contribution in [2.24, 2.45) is 0 Å². The van der Waals surface area contributed by atoms with Gasteiger partial charge in [0, 0.05) is 22.5 Å². The van der Waals surface area contributed by atoms with Gasteiger partial charge in [-0.2, -0.15) is 0 Å². The van der Waals surface area contributed by atoms with Crippen LogP contribution in [-0.2, 0) is 4.79 Å². The number of hydrogen-bond donors (Lipinski definition) is 2. The average Bonchev–Trinajstić information content (AvgIpc) is 2.41. The zero-order chi connectivity index (χ0) is 14.1. The van der Waals surface area contributed by atoms with E-state index < -0.39 is 0 Å². The topological polar surface area (TPSA) is 41.1 Å². The molecule has 0 aliphatic carbocycles. The number of thioether (sulfide) groups is 1. The van der Waals surface area contributed by atoms with Crippen molar-refractivity contribution in [3.05, 3.63) is 28.7 Å². The van der Waals surface area contributed by atoms with Crippen LogP contribution in [0.3, 0.4) is 0 Å². The van der Waals surface area contributed by atoms with E-state index in [1.807, 2.05) is 31.2 Å². The molecule has 0 bridgehead atoms. The number of nitrogens with one attached hydrogen (secondary N) is 2. The standard InChI is InChI=1S/C14H21BrN2OS.ClH/c1-3-8-16-9-10-17-14(18)11(2)19-13-6-4-12(15)5-7-13;/h4-7,11,16H,3,8-10H2,1-2H3,(H,17,18);1H. The molecule has 6 heteroatoms. The molecular formula is C14H22BrClN2OS. The highest BCUT2D eigenvalue weighted by Gasteiger charge is 2.13. The molecule has 0 radical (unpaired) electrons. The number of benzene rings is 1. The summed E-state index contributed by atoms with van der Waals surface area (Å²) in [5.74, 6) is 0.0891. The lowest BCUT2D eigenvalue weighted by Gasteiger charge is -2.12. The van der Waals surface area contributed by atoms with Gasteiger partial charge in [-0.1, -0.05) is 22.9 Å². The SMILES string of the molecule is CCCNCCNC(=O)C(C)Sc1ccc(Br)cc1.Cl. The molecule has 0 aliphatic rings. The van der Waals surface area contributed by atoms with Crippen molar-refractivity contribution in [1.82, 2.24) is 10.6 Å². The summed E-state index contributed by atoms with van der Waals surface area (Å²) in [5, 5.41) is 6.12. The Morgan fingerprint density at radius 1 is 1.25 bits per heavy atom. The number of rotatable bonds is 8. The van der Waals surface area contributed by atoms with Gasteiger partial charge in [-0.15, -0.1) is 24.2 Å². The van der Waals surface area contributed by atoms with E-state index in [1.165, 1.54) is 0 Å². The molecule has 0 saturated carbocycles. The molecule has 0 spiro atoms. The van der Waals surface area contributed by atoms with Gasteiger partial charge in [0.25, 0.3) is 0 Å². The van der Waals surface area contributed by atoms with Crippen LogP contribution in [0.15, 0.2) is 33.6 Å². The van der Waals surface area contributed by atoms with Crippen molar-refractivity contribution in [3.63, 3.8) is 0 Å². The van der Waals surface area contributed by atoms with Gasteiger partial charge in [-0.05, 0) is 44.2 Å². The lowest BCUT2D eigenvalue weighted by Crippen LogP contribution is -2.36. The molecule has 0 heterocycles. The highest BCUT2D eigenvalue weighted by molar-refractivity contribution is 9.10. The average molecular weight is 382 g/mol. The second-order valence-electron chi connectivity index (χ2n) is 4.26. The van der Waals surface area contributed by atoms with E-state index in [4.69, 9.17) is 0 Å². The zero-order valence-electron chi connectivity index (χ0n) is 11.8. The predicted molar refractivity (Wildman–Crippen MR) is 92.9 cm³/mol. The summed E-state index contributed by atoms with van der Waals surface area (Å²) in [7, 11) is 0. The summed E-state index contributed by atoms with van der Waals surface area (Å²) in [6.45, 7) is 6.57. The molecule has 1 unspecified atom stereocenters. The van der Waals surface area contributed by atoms with Crippen molar-refractivity contribution < 1.29 is 4.79 Å². The maximum Gasteiger partial charge on any atom is 0.233 e. The number of amides is 1. The monoisotopic (exact) mass is 380 g/mol. The van der Waals surface area contributed by atoms with Crippen LogP contribution in [0.5, 0.6) is 0 Å². The van der Waals surface area contributed by atoms with Crippen molar-refractivity contribution in [3.8, 4) is 0 Å². The van der Waals surface area contributed by atoms with E-state index >= 15 is 0 Å². The lowest BCUT2D eigenvalue weighted by atomic mass is 10.4. The Balaban J connectivity index is 0.00000361. The van der Waals surface area contributed by atoms with Crippen LogP contribution in [0, 0.1) is 0 Å². The molecule has 3 nitrogen and oxygen atoms in total. The van der Waals surface area contributed by atoms with Gasteiger partial charge in [0.15, 0.2) is 0 Å². The van der Waals surface area contributed by atoms with Crippen LogP contribution < -0.4 is 10.6 Å². The molecule has 1 amide bonds. The smallest absolute Gasteiger partial charge is 0.233 e. The van der Waals surface area contributed by atoms with Crippen LogP contribution in [0.2, 0.25) is 0 Å². The zero-order valence-corrected chi connectivity index (χ0v) is 15.0. The first-order chi connectivity index (χ1) is 9.13. The van der Waals surface area contributed by atoms with Gasteiger partial charge in [0.2, 0.25) is 5.91 Å². The second kappa shape index (κ2) is 11.4. The second-order valence-corrected chi connectivity index (χ2v) is 6.58. The highest BCUT2D eigenvalue weighted by Crippen LogP contribution is 2.24. The van der Waals surface area contributed by atoms with E-state index in [0.717, 1.165) is 28.9 Å². The largest absolute Gasteiger partial charge is 0.354 e. The Hall–Kier alpha value is -0.230. The Morgan fingerprint density at radius 3 is 2.50 bits per heavy atom. The molecule has 0 fully saturated rings. The van der Waals surface area contributed by atoms with Crippen LogP contribution >= 0.6 is 40.1 Å². The van der Waals surface area contributed by atoms with Gasteiger partial charge in [0.1, 0.15) is 0 Å². The van der Waals surface area contributed by atoms with E-state index in [1.54, 1.807) is 11.8 Å². The molecule has 114 valence electrons. The van der Waals surface area contributed by atoms with E-state index in [-0.39, 0.29) is 23.6 Å². The maximum atomic E-state index is 11.9. The quantitative estimate of drug-likeness (QED) is 0.535. The number of hydrogen-bond acceptors (Lipinski definition) is 3. The minimum atomic E-state index is -0.0765. The van der Waals surface area contributed by atoms with Crippen molar-refractivity contribution in [2.75, 3.05) is 19.6 Å². The molecule has 1 rings (SSSR count). The van der Waals surface area contributed by atoms with Crippen LogP contribution in [-0.4, -0.2) is 30.8 Å². The first-order valence-corrected chi connectivity index (χ1v) is 8.21. The molecule has 20 heavy (non-hydrogen) atoms. The summed E-state index contributed by atoms with van der Waals surface area (Å²) >= 11 is 4.98. The molecule has 1 aromatic rings. The van der Waals surface area contributed by atoms with Gasteiger partial charge in [-0.25, -0.2) is 0 Å². The molecule has 1 atom stereocenters. The first-order valence-electron chi connectivity index (χ1n) is 6.54. The van der Waals surface area contributed by atoms with Crippen LogP contribution in [0.1, 0.15) is 20.3 Å².